The first-order chi connectivity index (χ1) is 8.47. The van der Waals surface area contributed by atoms with Crippen molar-refractivity contribution in [3.63, 3.8) is 0 Å². The van der Waals surface area contributed by atoms with Crippen LogP contribution in [0.5, 0.6) is 17.2 Å². The molecule has 0 heterocycles. The Labute approximate surface area is 101 Å². The number of nitro benzene ring substituents is 2. The quantitative estimate of drug-likeness (QED) is 0.580. The van der Waals surface area contributed by atoms with E-state index in [0.717, 1.165) is 20.3 Å². The van der Waals surface area contributed by atoms with Gasteiger partial charge in [0.05, 0.1) is 31.2 Å². The largest absolute Gasteiger partial charge is 0.492 e. The fraction of sp³-hybridized carbons (Fsp3) is 0.333. The number of ether oxygens (including phenoxy) is 3. The van der Waals surface area contributed by atoms with Crippen LogP contribution in [-0.2, 0) is 0 Å². The summed E-state index contributed by atoms with van der Waals surface area (Å²) in [7, 11) is 3.58. The lowest BCUT2D eigenvalue weighted by Gasteiger charge is -2.10. The summed E-state index contributed by atoms with van der Waals surface area (Å²) >= 11 is 0. The Morgan fingerprint density at radius 2 is 1.39 bits per heavy atom. The summed E-state index contributed by atoms with van der Waals surface area (Å²) in [5, 5.41) is 21.9. The van der Waals surface area contributed by atoms with E-state index in [-0.39, 0.29) is 17.2 Å². The third-order valence-electron chi connectivity index (χ3n) is 2.17. The second kappa shape index (κ2) is 5.17. The molecule has 98 valence electrons. The number of nitrogens with zero attached hydrogens (tertiary/aromatic N) is 2. The van der Waals surface area contributed by atoms with E-state index in [4.69, 9.17) is 14.2 Å². The van der Waals surface area contributed by atoms with Crippen LogP contribution in [-0.4, -0.2) is 31.2 Å². The Bertz CT molecular complexity index is 500. The molecule has 0 unspecified atom stereocenters. The standard InChI is InChI=1S/C9H10N2O7/c1-16-5-4-6(17-2)9(18-3)8(11(14)15)7(5)10(12)13/h4H,1-3H3. The van der Waals surface area contributed by atoms with Crippen molar-refractivity contribution in [1.29, 1.82) is 0 Å². The van der Waals surface area contributed by atoms with Crippen molar-refractivity contribution in [2.24, 2.45) is 0 Å². The van der Waals surface area contributed by atoms with Gasteiger partial charge in [0, 0.05) is 6.07 Å². The highest BCUT2D eigenvalue weighted by Crippen LogP contribution is 2.48. The molecule has 1 aromatic rings. The summed E-state index contributed by atoms with van der Waals surface area (Å²) in [5.74, 6) is -0.619. The summed E-state index contributed by atoms with van der Waals surface area (Å²) in [4.78, 5) is 20.0. The minimum Gasteiger partial charge on any atom is -0.492 e. The SMILES string of the molecule is COc1cc(OC)c([N+](=O)[O-])c([N+](=O)[O-])c1OC. The lowest BCUT2D eigenvalue weighted by atomic mass is 10.2. The van der Waals surface area contributed by atoms with Crippen molar-refractivity contribution < 1.29 is 24.1 Å². The van der Waals surface area contributed by atoms with Crippen LogP contribution in [0.25, 0.3) is 0 Å². The van der Waals surface area contributed by atoms with Crippen molar-refractivity contribution in [3.8, 4) is 17.2 Å². The number of hydrogen-bond acceptors (Lipinski definition) is 7. The van der Waals surface area contributed by atoms with E-state index in [1.807, 2.05) is 0 Å². The lowest BCUT2D eigenvalue weighted by molar-refractivity contribution is -0.423. The van der Waals surface area contributed by atoms with E-state index in [1.54, 1.807) is 0 Å². The van der Waals surface area contributed by atoms with Gasteiger partial charge in [-0.3, -0.25) is 20.2 Å². The molecule has 0 N–H and O–H groups in total. The second-order valence-electron chi connectivity index (χ2n) is 3.03. The van der Waals surface area contributed by atoms with E-state index in [2.05, 4.69) is 0 Å². The van der Waals surface area contributed by atoms with Crippen LogP contribution in [0.1, 0.15) is 0 Å². The first kappa shape index (κ1) is 13.5. The van der Waals surface area contributed by atoms with Crippen LogP contribution in [0.15, 0.2) is 6.07 Å². The molecule has 0 amide bonds. The highest BCUT2D eigenvalue weighted by Gasteiger charge is 2.37. The van der Waals surface area contributed by atoms with Gasteiger partial charge in [0.1, 0.15) is 0 Å². The molecule has 0 saturated carbocycles. The lowest BCUT2D eigenvalue weighted by Crippen LogP contribution is -2.03. The maximum absolute atomic E-state index is 11.0. The number of nitro groups is 2. The van der Waals surface area contributed by atoms with Crippen LogP contribution in [0.3, 0.4) is 0 Å². The Morgan fingerprint density at radius 1 is 0.889 bits per heavy atom. The minimum absolute atomic E-state index is 0.0216. The van der Waals surface area contributed by atoms with Crippen LogP contribution < -0.4 is 14.2 Å². The van der Waals surface area contributed by atoms with Crippen molar-refractivity contribution in [2.45, 2.75) is 0 Å². The van der Waals surface area contributed by atoms with E-state index >= 15 is 0 Å². The van der Waals surface area contributed by atoms with Gasteiger partial charge in [0.2, 0.25) is 11.5 Å². The second-order valence-corrected chi connectivity index (χ2v) is 3.03. The summed E-state index contributed by atoms with van der Waals surface area (Å²) in [6, 6.07) is 1.16. The Morgan fingerprint density at radius 3 is 1.72 bits per heavy atom. The van der Waals surface area contributed by atoms with E-state index in [9.17, 15) is 20.2 Å². The van der Waals surface area contributed by atoms with Gasteiger partial charge in [-0.2, -0.15) is 0 Å². The van der Waals surface area contributed by atoms with Gasteiger partial charge in [-0.05, 0) is 0 Å². The van der Waals surface area contributed by atoms with Gasteiger partial charge in [-0.25, -0.2) is 0 Å². The van der Waals surface area contributed by atoms with E-state index in [0.29, 0.717) is 0 Å². The molecule has 0 aliphatic carbocycles. The summed E-state index contributed by atoms with van der Waals surface area (Å²) < 4.78 is 14.4. The fourth-order valence-electron chi connectivity index (χ4n) is 1.44. The Hall–Kier alpha value is -2.58. The molecule has 0 aliphatic heterocycles. The molecule has 0 bridgehead atoms. The van der Waals surface area contributed by atoms with Crippen LogP contribution in [0.4, 0.5) is 11.4 Å². The molecule has 0 aliphatic rings. The molecule has 9 heteroatoms. The van der Waals surface area contributed by atoms with Gasteiger partial charge >= 0.3 is 11.4 Å². The van der Waals surface area contributed by atoms with Crippen molar-refractivity contribution >= 4 is 11.4 Å². The van der Waals surface area contributed by atoms with Gasteiger partial charge in [-0.15, -0.1) is 0 Å². The van der Waals surface area contributed by atoms with Crippen molar-refractivity contribution in [1.82, 2.24) is 0 Å². The van der Waals surface area contributed by atoms with Crippen molar-refractivity contribution in [3.05, 3.63) is 26.3 Å². The monoisotopic (exact) mass is 258 g/mol. The predicted octanol–water partition coefficient (Wildman–Crippen LogP) is 1.53. The molecule has 0 radical (unpaired) electrons. The fourth-order valence-corrected chi connectivity index (χ4v) is 1.44. The highest BCUT2D eigenvalue weighted by atomic mass is 16.6. The van der Waals surface area contributed by atoms with E-state index < -0.39 is 21.2 Å². The highest BCUT2D eigenvalue weighted by molar-refractivity contribution is 5.73. The molecule has 0 saturated heterocycles. The maximum Gasteiger partial charge on any atom is 0.395 e. The summed E-state index contributed by atoms with van der Waals surface area (Å²) in [6.07, 6.45) is 0. The minimum atomic E-state index is -0.915. The van der Waals surface area contributed by atoms with Gasteiger partial charge < -0.3 is 14.2 Å². The molecular weight excluding hydrogens is 248 g/mol. The van der Waals surface area contributed by atoms with Gasteiger partial charge in [-0.1, -0.05) is 0 Å². The third-order valence-corrected chi connectivity index (χ3v) is 2.17. The number of benzene rings is 1. The number of rotatable bonds is 5. The average molecular weight is 258 g/mol. The average Bonchev–Trinajstić information content (AvgIpc) is 2.35. The molecule has 18 heavy (non-hydrogen) atoms. The summed E-state index contributed by atoms with van der Waals surface area (Å²) in [6.45, 7) is 0. The molecule has 9 nitrogen and oxygen atoms in total. The molecule has 0 fully saturated rings. The first-order valence-electron chi connectivity index (χ1n) is 4.59. The van der Waals surface area contributed by atoms with Gasteiger partial charge in [0.15, 0.2) is 5.75 Å². The number of methoxy groups -OCH3 is 3. The Kier molecular flexibility index (Phi) is 3.87. The summed E-state index contributed by atoms with van der Waals surface area (Å²) in [5.41, 5.74) is -1.58. The molecule has 0 atom stereocenters. The van der Waals surface area contributed by atoms with Crippen molar-refractivity contribution in [2.75, 3.05) is 21.3 Å². The zero-order valence-electron chi connectivity index (χ0n) is 9.83. The van der Waals surface area contributed by atoms with E-state index in [1.165, 1.54) is 7.11 Å². The maximum atomic E-state index is 11.0. The molecular formula is C9H10N2O7. The first-order valence-corrected chi connectivity index (χ1v) is 4.59. The third kappa shape index (κ3) is 2.10. The number of hydrogen-bond donors (Lipinski definition) is 0. The van der Waals surface area contributed by atoms with Crippen LogP contribution >= 0.6 is 0 Å². The molecule has 0 aromatic heterocycles. The predicted molar refractivity (Wildman–Crippen MR) is 59.4 cm³/mol. The molecule has 1 rings (SSSR count). The van der Waals surface area contributed by atoms with Gasteiger partial charge in [0.25, 0.3) is 0 Å². The smallest absolute Gasteiger partial charge is 0.395 e. The topological polar surface area (TPSA) is 114 Å². The van der Waals surface area contributed by atoms with Crippen LogP contribution in [0, 0.1) is 20.2 Å². The zero-order chi connectivity index (χ0) is 13.9. The zero-order valence-corrected chi connectivity index (χ0v) is 9.83. The van der Waals surface area contributed by atoms with Crippen LogP contribution in [0.2, 0.25) is 0 Å². The molecule has 0 spiro atoms. The normalized spacial score (nSPS) is 9.72. The molecule has 1 aromatic carbocycles. The Balaban J connectivity index is 3.77.